The lowest BCUT2D eigenvalue weighted by Gasteiger charge is -2.29. The molecule has 2 aliphatic heterocycles. The SMILES string of the molecule is CC(=O)N(C)C[C@H]1CN(c2ccc(N3CCOCC3)c(F)c2)C(=O)O1. The molecule has 1 aromatic carbocycles. The number of nitrogens with zero attached hydrogens (tertiary/aromatic N) is 3. The van der Waals surface area contributed by atoms with Gasteiger partial charge in [0.05, 0.1) is 37.7 Å². The van der Waals surface area contributed by atoms with E-state index < -0.39 is 12.2 Å². The van der Waals surface area contributed by atoms with Gasteiger partial charge >= 0.3 is 6.09 Å². The normalized spacial score (nSPS) is 20.6. The van der Waals surface area contributed by atoms with Crippen molar-refractivity contribution < 1.29 is 23.5 Å². The maximum Gasteiger partial charge on any atom is 0.414 e. The van der Waals surface area contributed by atoms with E-state index in [1.54, 1.807) is 19.2 Å². The Morgan fingerprint density at radius 1 is 1.36 bits per heavy atom. The first-order valence-corrected chi connectivity index (χ1v) is 8.28. The van der Waals surface area contributed by atoms with Crippen LogP contribution in [0.3, 0.4) is 0 Å². The van der Waals surface area contributed by atoms with E-state index in [4.69, 9.17) is 9.47 Å². The van der Waals surface area contributed by atoms with Gasteiger partial charge in [0.15, 0.2) is 0 Å². The zero-order chi connectivity index (χ0) is 18.0. The molecule has 1 atom stereocenters. The number of anilines is 2. The molecule has 7 nitrogen and oxygen atoms in total. The van der Waals surface area contributed by atoms with E-state index in [0.717, 1.165) is 0 Å². The summed E-state index contributed by atoms with van der Waals surface area (Å²) < 4.78 is 25.1. The zero-order valence-electron chi connectivity index (χ0n) is 14.4. The number of amides is 2. The second-order valence-electron chi connectivity index (χ2n) is 6.25. The van der Waals surface area contributed by atoms with E-state index >= 15 is 0 Å². The van der Waals surface area contributed by atoms with Crippen molar-refractivity contribution in [2.45, 2.75) is 13.0 Å². The summed E-state index contributed by atoms with van der Waals surface area (Å²) >= 11 is 0. The summed E-state index contributed by atoms with van der Waals surface area (Å²) in [6, 6.07) is 4.74. The summed E-state index contributed by atoms with van der Waals surface area (Å²) in [6.07, 6.45) is -0.955. The molecule has 8 heteroatoms. The minimum absolute atomic E-state index is 0.101. The molecule has 2 fully saturated rings. The topological polar surface area (TPSA) is 62.3 Å². The fourth-order valence-electron chi connectivity index (χ4n) is 2.99. The molecular formula is C17H22FN3O4. The van der Waals surface area contributed by atoms with Crippen molar-refractivity contribution in [3.05, 3.63) is 24.0 Å². The molecule has 0 saturated carbocycles. The number of rotatable bonds is 4. The summed E-state index contributed by atoms with van der Waals surface area (Å²) in [6.45, 7) is 4.48. The highest BCUT2D eigenvalue weighted by Crippen LogP contribution is 2.28. The van der Waals surface area contributed by atoms with E-state index in [2.05, 4.69) is 0 Å². The van der Waals surface area contributed by atoms with Gasteiger partial charge in [0, 0.05) is 27.1 Å². The van der Waals surface area contributed by atoms with Gasteiger partial charge in [-0.2, -0.15) is 0 Å². The van der Waals surface area contributed by atoms with E-state index in [1.807, 2.05) is 4.90 Å². The van der Waals surface area contributed by atoms with Crippen molar-refractivity contribution >= 4 is 23.4 Å². The third kappa shape index (κ3) is 3.84. The van der Waals surface area contributed by atoms with Crippen LogP contribution < -0.4 is 9.80 Å². The molecule has 0 unspecified atom stereocenters. The van der Waals surface area contributed by atoms with Gasteiger partial charge in [-0.05, 0) is 18.2 Å². The maximum atomic E-state index is 14.5. The maximum absolute atomic E-state index is 14.5. The zero-order valence-corrected chi connectivity index (χ0v) is 14.4. The van der Waals surface area contributed by atoms with Gasteiger partial charge in [0.25, 0.3) is 0 Å². The first-order valence-electron chi connectivity index (χ1n) is 8.28. The van der Waals surface area contributed by atoms with Gasteiger partial charge in [-0.3, -0.25) is 9.69 Å². The summed E-state index contributed by atoms with van der Waals surface area (Å²) in [7, 11) is 1.65. The van der Waals surface area contributed by atoms with E-state index in [9.17, 15) is 14.0 Å². The van der Waals surface area contributed by atoms with E-state index in [-0.39, 0.29) is 18.3 Å². The second-order valence-corrected chi connectivity index (χ2v) is 6.25. The Hall–Kier alpha value is -2.35. The molecule has 2 amide bonds. The number of likely N-dealkylation sites (N-methyl/N-ethyl adjacent to an activating group) is 1. The molecule has 2 aliphatic rings. The summed E-state index contributed by atoms with van der Waals surface area (Å²) in [4.78, 5) is 28.2. The Kier molecular flexibility index (Phi) is 5.08. The van der Waals surface area contributed by atoms with Gasteiger partial charge in [0.2, 0.25) is 5.91 Å². The molecule has 0 radical (unpaired) electrons. The van der Waals surface area contributed by atoms with Gasteiger partial charge in [-0.25, -0.2) is 9.18 Å². The summed E-state index contributed by atoms with van der Waals surface area (Å²) in [5.74, 6) is -0.480. The highest BCUT2D eigenvalue weighted by molar-refractivity contribution is 5.90. The number of carbonyl (C=O) groups is 2. The number of hydrogen-bond donors (Lipinski definition) is 0. The number of cyclic esters (lactones) is 1. The van der Waals surface area contributed by atoms with Crippen LogP contribution in [0.1, 0.15) is 6.92 Å². The molecular weight excluding hydrogens is 329 g/mol. The largest absolute Gasteiger partial charge is 0.442 e. The molecule has 2 saturated heterocycles. The lowest BCUT2D eigenvalue weighted by atomic mass is 10.2. The van der Waals surface area contributed by atoms with Crippen LogP contribution in [0.2, 0.25) is 0 Å². The second kappa shape index (κ2) is 7.26. The van der Waals surface area contributed by atoms with Crippen molar-refractivity contribution in [2.24, 2.45) is 0 Å². The van der Waals surface area contributed by atoms with Crippen LogP contribution in [-0.2, 0) is 14.3 Å². The number of carbonyl (C=O) groups excluding carboxylic acids is 2. The van der Waals surface area contributed by atoms with Crippen molar-refractivity contribution in [3.63, 3.8) is 0 Å². The highest BCUT2D eigenvalue weighted by atomic mass is 19.1. The van der Waals surface area contributed by atoms with Crippen LogP contribution in [0.15, 0.2) is 18.2 Å². The number of benzene rings is 1. The molecule has 0 aliphatic carbocycles. The van der Waals surface area contributed by atoms with Gasteiger partial charge < -0.3 is 19.3 Å². The van der Waals surface area contributed by atoms with E-state index in [1.165, 1.54) is 22.8 Å². The van der Waals surface area contributed by atoms with Crippen LogP contribution in [0.5, 0.6) is 0 Å². The van der Waals surface area contributed by atoms with Crippen LogP contribution in [0.4, 0.5) is 20.6 Å². The summed E-state index contributed by atoms with van der Waals surface area (Å²) in [5, 5.41) is 0. The van der Waals surface area contributed by atoms with E-state index in [0.29, 0.717) is 44.2 Å². The molecule has 0 N–H and O–H groups in total. The first kappa shape index (κ1) is 17.5. The Balaban J connectivity index is 1.70. The molecule has 0 aromatic heterocycles. The minimum atomic E-state index is -0.527. The standard InChI is InChI=1S/C17H22FN3O4/c1-12(22)19(2)10-14-11-21(17(23)25-14)13-3-4-16(15(18)9-13)20-5-7-24-8-6-20/h3-4,9,14H,5-8,10-11H2,1-2H3/t14-/m0/s1. The molecule has 25 heavy (non-hydrogen) atoms. The molecule has 136 valence electrons. The van der Waals surface area contributed by atoms with Gasteiger partial charge in [0.1, 0.15) is 11.9 Å². The molecule has 0 bridgehead atoms. The Morgan fingerprint density at radius 3 is 2.72 bits per heavy atom. The van der Waals surface area contributed by atoms with Crippen LogP contribution in [0, 0.1) is 5.82 Å². The number of ether oxygens (including phenoxy) is 2. The van der Waals surface area contributed by atoms with Crippen molar-refractivity contribution in [2.75, 3.05) is 56.2 Å². The molecule has 3 rings (SSSR count). The summed E-state index contributed by atoms with van der Waals surface area (Å²) in [5.41, 5.74) is 0.958. The third-order valence-corrected chi connectivity index (χ3v) is 4.48. The number of hydrogen-bond acceptors (Lipinski definition) is 5. The molecule has 2 heterocycles. The highest BCUT2D eigenvalue weighted by Gasteiger charge is 2.33. The quantitative estimate of drug-likeness (QED) is 0.822. The van der Waals surface area contributed by atoms with Crippen molar-refractivity contribution in [3.8, 4) is 0 Å². The van der Waals surface area contributed by atoms with Gasteiger partial charge in [-0.15, -0.1) is 0 Å². The number of halogens is 1. The van der Waals surface area contributed by atoms with Crippen LogP contribution in [-0.4, -0.2) is 69.4 Å². The Bertz CT molecular complexity index is 663. The van der Waals surface area contributed by atoms with Crippen LogP contribution in [0.25, 0.3) is 0 Å². The third-order valence-electron chi connectivity index (χ3n) is 4.48. The predicted octanol–water partition coefficient (Wildman–Crippen LogP) is 1.47. The number of morpholine rings is 1. The fraction of sp³-hybridized carbons (Fsp3) is 0.529. The van der Waals surface area contributed by atoms with Crippen LogP contribution >= 0.6 is 0 Å². The lowest BCUT2D eigenvalue weighted by Crippen LogP contribution is -2.37. The Morgan fingerprint density at radius 2 is 2.08 bits per heavy atom. The lowest BCUT2D eigenvalue weighted by molar-refractivity contribution is -0.128. The van der Waals surface area contributed by atoms with Crippen molar-refractivity contribution in [1.29, 1.82) is 0 Å². The predicted molar refractivity (Wildman–Crippen MR) is 90.4 cm³/mol. The fourth-order valence-corrected chi connectivity index (χ4v) is 2.99. The van der Waals surface area contributed by atoms with Gasteiger partial charge in [-0.1, -0.05) is 0 Å². The first-order chi connectivity index (χ1) is 12.0. The smallest absolute Gasteiger partial charge is 0.414 e. The average Bonchev–Trinajstić information content (AvgIpc) is 2.95. The monoisotopic (exact) mass is 351 g/mol. The average molecular weight is 351 g/mol. The minimum Gasteiger partial charge on any atom is -0.442 e. The molecule has 1 aromatic rings. The Labute approximate surface area is 145 Å². The van der Waals surface area contributed by atoms with Crippen molar-refractivity contribution in [1.82, 2.24) is 4.90 Å². The molecule has 0 spiro atoms.